The molecule has 18 heavy (non-hydrogen) atoms. The Kier molecular flexibility index (Phi) is 4.80. The van der Waals surface area contributed by atoms with Crippen molar-refractivity contribution in [1.29, 1.82) is 0 Å². The fourth-order valence-electron chi connectivity index (χ4n) is 1.34. The second-order valence-electron chi connectivity index (χ2n) is 3.67. The van der Waals surface area contributed by atoms with Crippen molar-refractivity contribution in [2.24, 2.45) is 0 Å². The molecular formula is C11H15FN2O3S. The van der Waals surface area contributed by atoms with Crippen molar-refractivity contribution < 1.29 is 17.6 Å². The summed E-state index contributed by atoms with van der Waals surface area (Å²) in [7, 11) is -4.04. The Morgan fingerprint density at radius 1 is 1.39 bits per heavy atom. The molecule has 0 spiro atoms. The number of sulfonamides is 1. The summed E-state index contributed by atoms with van der Waals surface area (Å²) < 4.78 is 39.2. The van der Waals surface area contributed by atoms with Crippen molar-refractivity contribution >= 4 is 15.9 Å². The first-order valence-corrected chi connectivity index (χ1v) is 6.91. The molecule has 0 bridgehead atoms. The van der Waals surface area contributed by atoms with Gasteiger partial charge in [0.15, 0.2) is 0 Å². The van der Waals surface area contributed by atoms with Crippen LogP contribution in [0.15, 0.2) is 29.2 Å². The maximum absolute atomic E-state index is 13.4. The quantitative estimate of drug-likeness (QED) is 0.827. The van der Waals surface area contributed by atoms with Crippen LogP contribution in [0.25, 0.3) is 0 Å². The summed E-state index contributed by atoms with van der Waals surface area (Å²) in [5, 5.41) is 2.47. The van der Waals surface area contributed by atoms with Gasteiger partial charge in [0, 0.05) is 6.54 Å². The van der Waals surface area contributed by atoms with Crippen LogP contribution in [-0.2, 0) is 14.8 Å². The van der Waals surface area contributed by atoms with E-state index in [9.17, 15) is 17.6 Å². The Bertz CT molecular complexity index is 531. The second-order valence-corrected chi connectivity index (χ2v) is 5.35. The number of nitrogens with one attached hydrogen (secondary N) is 2. The number of amides is 1. The van der Waals surface area contributed by atoms with E-state index in [0.717, 1.165) is 12.1 Å². The number of hydrogen-bond donors (Lipinski definition) is 2. The predicted octanol–water partition coefficient (Wildman–Crippen LogP) is 0.629. The van der Waals surface area contributed by atoms with Gasteiger partial charge in [-0.05, 0) is 26.0 Å². The maximum Gasteiger partial charge on any atom is 0.244 e. The van der Waals surface area contributed by atoms with Gasteiger partial charge in [-0.25, -0.2) is 12.8 Å². The molecular weight excluding hydrogens is 259 g/mol. The Balaban J connectivity index is 2.90. The van der Waals surface area contributed by atoms with Crippen molar-refractivity contribution in [3.8, 4) is 0 Å². The molecule has 0 aliphatic rings. The topological polar surface area (TPSA) is 75.3 Å². The van der Waals surface area contributed by atoms with Crippen LogP contribution in [0.5, 0.6) is 0 Å². The lowest BCUT2D eigenvalue weighted by Gasteiger charge is -2.13. The van der Waals surface area contributed by atoms with Crippen LogP contribution in [0.2, 0.25) is 0 Å². The lowest BCUT2D eigenvalue weighted by atomic mass is 10.3. The summed E-state index contributed by atoms with van der Waals surface area (Å²) in [5.41, 5.74) is 0. The molecule has 0 aliphatic heterocycles. The van der Waals surface area contributed by atoms with E-state index in [1.54, 1.807) is 6.92 Å². The third-order valence-electron chi connectivity index (χ3n) is 2.20. The summed E-state index contributed by atoms with van der Waals surface area (Å²) in [5.74, 6) is -1.31. The highest BCUT2D eigenvalue weighted by Crippen LogP contribution is 2.13. The molecule has 0 aliphatic carbocycles. The number of halogens is 1. The Labute approximate surface area is 105 Å². The largest absolute Gasteiger partial charge is 0.355 e. The van der Waals surface area contributed by atoms with Gasteiger partial charge in [-0.3, -0.25) is 4.79 Å². The summed E-state index contributed by atoms with van der Waals surface area (Å²) in [6.45, 7) is 3.50. The smallest absolute Gasteiger partial charge is 0.244 e. The molecule has 1 atom stereocenters. The van der Waals surface area contributed by atoms with Gasteiger partial charge in [-0.15, -0.1) is 0 Å². The van der Waals surface area contributed by atoms with Crippen molar-refractivity contribution in [1.82, 2.24) is 10.0 Å². The van der Waals surface area contributed by atoms with E-state index < -0.39 is 32.7 Å². The second kappa shape index (κ2) is 5.92. The number of hydrogen-bond acceptors (Lipinski definition) is 3. The number of likely N-dealkylation sites (N-methyl/N-ethyl adjacent to an activating group) is 1. The van der Waals surface area contributed by atoms with E-state index in [4.69, 9.17) is 0 Å². The highest BCUT2D eigenvalue weighted by Gasteiger charge is 2.23. The van der Waals surface area contributed by atoms with E-state index in [2.05, 4.69) is 10.0 Å². The third-order valence-corrected chi connectivity index (χ3v) is 3.78. The molecule has 2 N–H and O–H groups in total. The average molecular weight is 274 g/mol. The zero-order valence-electron chi connectivity index (χ0n) is 10.1. The van der Waals surface area contributed by atoms with E-state index in [1.165, 1.54) is 19.1 Å². The summed E-state index contributed by atoms with van der Waals surface area (Å²) in [6, 6.07) is 4.03. The van der Waals surface area contributed by atoms with Gasteiger partial charge in [-0.1, -0.05) is 12.1 Å². The van der Waals surface area contributed by atoms with Crippen LogP contribution >= 0.6 is 0 Å². The molecule has 0 heterocycles. The summed E-state index contributed by atoms with van der Waals surface area (Å²) in [6.07, 6.45) is 0. The Morgan fingerprint density at radius 2 is 2.00 bits per heavy atom. The minimum atomic E-state index is -4.04. The van der Waals surface area contributed by atoms with Crippen LogP contribution < -0.4 is 10.0 Å². The molecule has 1 rings (SSSR count). The van der Waals surface area contributed by atoms with Crippen LogP contribution in [0.1, 0.15) is 13.8 Å². The minimum Gasteiger partial charge on any atom is -0.355 e. The predicted molar refractivity (Wildman–Crippen MR) is 64.9 cm³/mol. The molecule has 1 amide bonds. The third kappa shape index (κ3) is 3.51. The number of carbonyl (C=O) groups is 1. The number of rotatable bonds is 5. The van der Waals surface area contributed by atoms with Crippen LogP contribution in [0, 0.1) is 5.82 Å². The molecule has 1 aromatic carbocycles. The molecule has 100 valence electrons. The van der Waals surface area contributed by atoms with Crippen molar-refractivity contribution in [3.63, 3.8) is 0 Å². The highest BCUT2D eigenvalue weighted by molar-refractivity contribution is 7.89. The van der Waals surface area contributed by atoms with Gasteiger partial charge in [0.2, 0.25) is 15.9 Å². The normalized spacial score (nSPS) is 13.1. The van der Waals surface area contributed by atoms with Gasteiger partial charge in [0.25, 0.3) is 0 Å². The van der Waals surface area contributed by atoms with Crippen LogP contribution in [0.3, 0.4) is 0 Å². The average Bonchev–Trinajstić information content (AvgIpc) is 2.29. The van der Waals surface area contributed by atoms with Gasteiger partial charge < -0.3 is 5.32 Å². The zero-order valence-corrected chi connectivity index (χ0v) is 10.9. The number of carbonyl (C=O) groups excluding carboxylic acids is 1. The minimum absolute atomic E-state index is 0.393. The van der Waals surface area contributed by atoms with Crippen molar-refractivity contribution in [2.75, 3.05) is 6.54 Å². The first-order valence-electron chi connectivity index (χ1n) is 5.43. The molecule has 1 aromatic rings. The standard InChI is InChI=1S/C11H15FN2O3S/c1-3-13-11(15)8(2)14-18(16,17)10-7-5-4-6-9(10)12/h4-8,14H,3H2,1-2H3,(H,13,15)/t8-/m0/s1. The number of benzene rings is 1. The molecule has 0 radical (unpaired) electrons. The fraction of sp³-hybridized carbons (Fsp3) is 0.364. The van der Waals surface area contributed by atoms with Crippen molar-refractivity contribution in [2.45, 2.75) is 24.8 Å². The van der Waals surface area contributed by atoms with Gasteiger partial charge in [0.1, 0.15) is 10.7 Å². The maximum atomic E-state index is 13.4. The molecule has 0 fully saturated rings. The molecule has 0 unspecified atom stereocenters. The molecule has 7 heteroatoms. The lowest BCUT2D eigenvalue weighted by Crippen LogP contribution is -2.44. The van der Waals surface area contributed by atoms with Gasteiger partial charge >= 0.3 is 0 Å². The lowest BCUT2D eigenvalue weighted by molar-refractivity contribution is -0.122. The molecule has 5 nitrogen and oxygen atoms in total. The molecule has 0 saturated carbocycles. The first kappa shape index (κ1) is 14.6. The Hall–Kier alpha value is -1.47. The van der Waals surface area contributed by atoms with E-state index in [0.29, 0.717) is 6.54 Å². The Morgan fingerprint density at radius 3 is 2.56 bits per heavy atom. The molecule has 0 saturated heterocycles. The SMILES string of the molecule is CCNC(=O)[C@H](C)NS(=O)(=O)c1ccccc1F. The first-order chi connectivity index (χ1) is 8.38. The van der Waals surface area contributed by atoms with Gasteiger partial charge in [-0.2, -0.15) is 4.72 Å². The monoisotopic (exact) mass is 274 g/mol. The van der Waals surface area contributed by atoms with Crippen LogP contribution in [0.4, 0.5) is 4.39 Å². The highest BCUT2D eigenvalue weighted by atomic mass is 32.2. The summed E-state index contributed by atoms with van der Waals surface area (Å²) in [4.78, 5) is 10.9. The van der Waals surface area contributed by atoms with E-state index >= 15 is 0 Å². The van der Waals surface area contributed by atoms with Crippen LogP contribution in [-0.4, -0.2) is 26.9 Å². The molecule has 0 aromatic heterocycles. The van der Waals surface area contributed by atoms with E-state index in [1.807, 2.05) is 0 Å². The fourth-order valence-corrected chi connectivity index (χ4v) is 2.62. The summed E-state index contributed by atoms with van der Waals surface area (Å²) >= 11 is 0. The van der Waals surface area contributed by atoms with Crippen molar-refractivity contribution in [3.05, 3.63) is 30.1 Å². The van der Waals surface area contributed by atoms with Gasteiger partial charge in [0.05, 0.1) is 6.04 Å². The van der Waals surface area contributed by atoms with E-state index in [-0.39, 0.29) is 0 Å². The zero-order chi connectivity index (χ0) is 13.8.